The molecule has 5 nitrogen and oxygen atoms in total. The molecule has 0 radical (unpaired) electrons. The molecule has 1 unspecified atom stereocenters. The van der Waals surface area contributed by atoms with Gasteiger partial charge in [-0.05, 0) is 39.3 Å². The molecule has 0 bridgehead atoms. The highest BCUT2D eigenvalue weighted by atomic mass is 16.3. The van der Waals surface area contributed by atoms with Gasteiger partial charge in [-0.2, -0.15) is 0 Å². The molecule has 0 aliphatic heterocycles. The highest BCUT2D eigenvalue weighted by Crippen LogP contribution is 2.24. The maximum absolute atomic E-state index is 5.41. The number of aryl methyl sites for hydroxylation is 1. The Bertz CT molecular complexity index is 551. The van der Waals surface area contributed by atoms with Gasteiger partial charge in [-0.15, -0.1) is 0 Å². The largest absolute Gasteiger partial charge is 0.467 e. The molecule has 0 spiro atoms. The van der Waals surface area contributed by atoms with E-state index in [9.17, 15) is 0 Å². The zero-order valence-corrected chi connectivity index (χ0v) is 12.5. The van der Waals surface area contributed by atoms with Crippen LogP contribution in [0.1, 0.15) is 43.5 Å². The molecule has 0 aliphatic carbocycles. The first-order valence-electron chi connectivity index (χ1n) is 7.00. The van der Waals surface area contributed by atoms with Gasteiger partial charge in [-0.25, -0.2) is 9.97 Å². The Labute approximate surface area is 119 Å². The summed E-state index contributed by atoms with van der Waals surface area (Å²) >= 11 is 0. The second kappa shape index (κ2) is 6.41. The predicted molar refractivity (Wildman–Crippen MR) is 81.0 cm³/mol. The van der Waals surface area contributed by atoms with Crippen molar-refractivity contribution in [2.45, 2.75) is 40.2 Å². The van der Waals surface area contributed by atoms with E-state index in [-0.39, 0.29) is 6.04 Å². The van der Waals surface area contributed by atoms with E-state index in [1.165, 1.54) is 0 Å². The predicted octanol–water partition coefficient (Wildman–Crippen LogP) is 3.68. The molecule has 0 saturated heterocycles. The number of hydrogen-bond acceptors (Lipinski definition) is 5. The highest BCUT2D eigenvalue weighted by molar-refractivity contribution is 5.57. The van der Waals surface area contributed by atoms with Crippen LogP contribution in [0.4, 0.5) is 11.6 Å². The molecule has 0 aromatic carbocycles. The minimum Gasteiger partial charge on any atom is -0.467 e. The lowest BCUT2D eigenvalue weighted by molar-refractivity contribution is 0.490. The fourth-order valence-electron chi connectivity index (χ4n) is 2.00. The van der Waals surface area contributed by atoms with Crippen LogP contribution in [-0.2, 0) is 0 Å². The molecule has 1 atom stereocenters. The zero-order valence-electron chi connectivity index (χ0n) is 12.5. The van der Waals surface area contributed by atoms with Crippen LogP contribution in [0.3, 0.4) is 0 Å². The normalized spacial score (nSPS) is 12.2. The van der Waals surface area contributed by atoms with Gasteiger partial charge in [0, 0.05) is 12.1 Å². The Balaban J connectivity index is 2.20. The van der Waals surface area contributed by atoms with Gasteiger partial charge < -0.3 is 15.1 Å². The second-order valence-corrected chi connectivity index (χ2v) is 4.90. The summed E-state index contributed by atoms with van der Waals surface area (Å²) in [7, 11) is 0. The lowest BCUT2D eigenvalue weighted by Crippen LogP contribution is -2.13. The average molecular weight is 274 g/mol. The monoisotopic (exact) mass is 274 g/mol. The molecular formula is C15H22N4O. The Kier molecular flexibility index (Phi) is 4.61. The van der Waals surface area contributed by atoms with E-state index in [1.54, 1.807) is 6.26 Å². The van der Waals surface area contributed by atoms with E-state index in [4.69, 9.17) is 4.42 Å². The van der Waals surface area contributed by atoms with Crippen LogP contribution in [0.25, 0.3) is 0 Å². The quantitative estimate of drug-likeness (QED) is 0.841. The highest BCUT2D eigenvalue weighted by Gasteiger charge is 2.13. The summed E-state index contributed by atoms with van der Waals surface area (Å²) < 4.78 is 5.41. The summed E-state index contributed by atoms with van der Waals surface area (Å²) in [5.74, 6) is 3.39. The van der Waals surface area contributed by atoms with E-state index < -0.39 is 0 Å². The van der Waals surface area contributed by atoms with Crippen molar-refractivity contribution in [1.82, 2.24) is 9.97 Å². The molecule has 5 heteroatoms. The molecule has 0 saturated carbocycles. The van der Waals surface area contributed by atoms with E-state index >= 15 is 0 Å². The molecule has 0 aliphatic rings. The van der Waals surface area contributed by atoms with Gasteiger partial charge in [0.05, 0.1) is 12.3 Å². The van der Waals surface area contributed by atoms with Crippen LogP contribution >= 0.6 is 0 Å². The number of rotatable bonds is 6. The van der Waals surface area contributed by atoms with Gasteiger partial charge in [0.2, 0.25) is 0 Å². The van der Waals surface area contributed by atoms with Gasteiger partial charge in [0.15, 0.2) is 0 Å². The molecule has 2 N–H and O–H groups in total. The van der Waals surface area contributed by atoms with Crippen LogP contribution in [0.15, 0.2) is 22.8 Å². The van der Waals surface area contributed by atoms with E-state index in [2.05, 4.69) is 34.4 Å². The van der Waals surface area contributed by atoms with Crippen LogP contribution in [0, 0.1) is 13.8 Å². The summed E-state index contributed by atoms with van der Waals surface area (Å²) in [5, 5.41) is 6.72. The van der Waals surface area contributed by atoms with Gasteiger partial charge >= 0.3 is 0 Å². The fourth-order valence-corrected chi connectivity index (χ4v) is 2.00. The Morgan fingerprint density at radius 1 is 1.25 bits per heavy atom. The molecule has 0 fully saturated rings. The number of aromatic nitrogens is 2. The third-order valence-electron chi connectivity index (χ3n) is 3.12. The van der Waals surface area contributed by atoms with Crippen LogP contribution < -0.4 is 10.6 Å². The summed E-state index contributed by atoms with van der Waals surface area (Å²) in [6.07, 6.45) is 2.74. The lowest BCUT2D eigenvalue weighted by atomic mass is 10.2. The minimum absolute atomic E-state index is 0.0667. The van der Waals surface area contributed by atoms with Gasteiger partial charge in [0.1, 0.15) is 23.2 Å². The summed E-state index contributed by atoms with van der Waals surface area (Å²) in [6.45, 7) is 9.02. The van der Waals surface area contributed by atoms with Crippen molar-refractivity contribution in [2.75, 3.05) is 17.2 Å². The molecule has 0 amide bonds. The first kappa shape index (κ1) is 14.4. The van der Waals surface area contributed by atoms with Crippen LogP contribution in [0.5, 0.6) is 0 Å². The van der Waals surface area contributed by atoms with Crippen molar-refractivity contribution in [1.29, 1.82) is 0 Å². The number of hydrogen-bond donors (Lipinski definition) is 2. The Morgan fingerprint density at radius 3 is 2.65 bits per heavy atom. The standard InChI is InChI=1S/C15H22N4O/c1-5-8-16-14-10(2)15(19-12(4)18-14)17-11(3)13-7-6-9-20-13/h6-7,9,11H,5,8H2,1-4H3,(H2,16,17,18,19). The van der Waals surface area contributed by atoms with Crippen molar-refractivity contribution >= 4 is 11.6 Å². The molecule has 20 heavy (non-hydrogen) atoms. The van der Waals surface area contributed by atoms with Crippen LogP contribution in [0.2, 0.25) is 0 Å². The Morgan fingerprint density at radius 2 is 2.00 bits per heavy atom. The molecule has 2 aromatic heterocycles. The zero-order chi connectivity index (χ0) is 14.5. The second-order valence-electron chi connectivity index (χ2n) is 4.90. The molecular weight excluding hydrogens is 252 g/mol. The van der Waals surface area contributed by atoms with Gasteiger partial charge in [-0.3, -0.25) is 0 Å². The van der Waals surface area contributed by atoms with Crippen molar-refractivity contribution < 1.29 is 4.42 Å². The maximum Gasteiger partial charge on any atom is 0.135 e. The van der Waals surface area contributed by atoms with Crippen molar-refractivity contribution in [2.24, 2.45) is 0 Å². The fraction of sp³-hybridized carbons (Fsp3) is 0.467. The van der Waals surface area contributed by atoms with E-state index in [1.807, 2.05) is 26.0 Å². The third-order valence-corrected chi connectivity index (χ3v) is 3.12. The van der Waals surface area contributed by atoms with E-state index in [0.717, 1.165) is 41.7 Å². The summed E-state index contributed by atoms with van der Waals surface area (Å²) in [6, 6.07) is 3.91. The molecule has 108 valence electrons. The number of nitrogens with zero attached hydrogens (tertiary/aromatic N) is 2. The van der Waals surface area contributed by atoms with Crippen molar-refractivity contribution in [3.8, 4) is 0 Å². The lowest BCUT2D eigenvalue weighted by Gasteiger charge is -2.17. The first-order chi connectivity index (χ1) is 9.61. The average Bonchev–Trinajstić information content (AvgIpc) is 2.95. The summed E-state index contributed by atoms with van der Waals surface area (Å²) in [5.41, 5.74) is 1.03. The van der Waals surface area contributed by atoms with Crippen molar-refractivity contribution in [3.05, 3.63) is 35.5 Å². The minimum atomic E-state index is 0.0667. The smallest absolute Gasteiger partial charge is 0.135 e. The van der Waals surface area contributed by atoms with Crippen molar-refractivity contribution in [3.63, 3.8) is 0 Å². The number of furan rings is 1. The Hall–Kier alpha value is -2.04. The molecule has 2 rings (SSSR count). The first-order valence-corrected chi connectivity index (χ1v) is 7.00. The molecule has 2 aromatic rings. The maximum atomic E-state index is 5.41. The number of anilines is 2. The number of nitrogens with one attached hydrogen (secondary N) is 2. The van der Waals surface area contributed by atoms with Gasteiger partial charge in [-0.1, -0.05) is 6.92 Å². The third kappa shape index (κ3) is 3.29. The SMILES string of the molecule is CCCNc1nc(C)nc(NC(C)c2ccco2)c1C. The molecule has 2 heterocycles. The topological polar surface area (TPSA) is 63.0 Å². The summed E-state index contributed by atoms with van der Waals surface area (Å²) in [4.78, 5) is 8.94. The van der Waals surface area contributed by atoms with Gasteiger partial charge in [0.25, 0.3) is 0 Å². The van der Waals surface area contributed by atoms with Crippen LogP contribution in [-0.4, -0.2) is 16.5 Å². The van der Waals surface area contributed by atoms with E-state index in [0.29, 0.717) is 0 Å².